The summed E-state index contributed by atoms with van der Waals surface area (Å²) in [6.45, 7) is 0. The van der Waals surface area contributed by atoms with Crippen molar-refractivity contribution in [2.75, 3.05) is 0 Å². The molecule has 3 atom stereocenters. The summed E-state index contributed by atoms with van der Waals surface area (Å²) in [7, 11) is -0.962. The quantitative estimate of drug-likeness (QED) is 0.177. The molecule has 0 aliphatic heterocycles. The van der Waals surface area contributed by atoms with E-state index in [0.717, 1.165) is 17.5 Å². The fourth-order valence-corrected chi connectivity index (χ4v) is 13.2. The lowest BCUT2D eigenvalue weighted by molar-refractivity contribution is 0.260. The molecule has 0 radical (unpaired) electrons. The molecule has 2 heteroatoms. The van der Waals surface area contributed by atoms with Crippen molar-refractivity contribution < 1.29 is 0 Å². The predicted octanol–water partition coefficient (Wildman–Crippen LogP) is 8.24. The molecule has 4 bridgehead atoms. The summed E-state index contributed by atoms with van der Waals surface area (Å²) >= 11 is 0. The maximum absolute atomic E-state index is 2.61. The number of hydrogen-bond acceptors (Lipinski definition) is 0. The number of hydrogen-bond donors (Lipinski definition) is 0. The molecule has 0 spiro atoms. The molecule has 5 aliphatic rings. The van der Waals surface area contributed by atoms with Crippen LogP contribution in [0.5, 0.6) is 0 Å². The van der Waals surface area contributed by atoms with Crippen LogP contribution in [0.1, 0.15) is 43.2 Å². The Balaban J connectivity index is 1.26. The Labute approximate surface area is 254 Å². The summed E-state index contributed by atoms with van der Waals surface area (Å²) in [4.78, 5) is 0. The third kappa shape index (κ3) is 6.04. The van der Waals surface area contributed by atoms with Gasteiger partial charge < -0.3 is 0 Å². The van der Waals surface area contributed by atoms with Gasteiger partial charge in [-0.25, -0.2) is 0 Å². The van der Waals surface area contributed by atoms with Gasteiger partial charge in [0, 0.05) is 0 Å². The van der Waals surface area contributed by atoms with Crippen molar-refractivity contribution >= 4 is 42.4 Å². The van der Waals surface area contributed by atoms with Crippen LogP contribution < -0.4 is 26.5 Å². The van der Waals surface area contributed by atoms with Crippen molar-refractivity contribution in [3.8, 4) is 0 Å². The first kappa shape index (κ1) is 27.8. The van der Waals surface area contributed by atoms with Crippen LogP contribution in [0.3, 0.4) is 0 Å². The van der Waals surface area contributed by atoms with Crippen LogP contribution in [0.2, 0.25) is 0 Å². The van der Waals surface area contributed by atoms with E-state index in [1.165, 1.54) is 61.1 Å². The van der Waals surface area contributed by atoms with E-state index in [4.69, 9.17) is 0 Å². The second kappa shape index (κ2) is 13.1. The Morgan fingerprint density at radius 3 is 1.60 bits per heavy atom. The van der Waals surface area contributed by atoms with Crippen LogP contribution in [-0.4, -0.2) is 5.66 Å². The van der Waals surface area contributed by atoms with E-state index < -0.39 is 7.92 Å². The molecular weight excluding hydrogens is 542 g/mol. The fraction of sp³-hybridized carbons (Fsp3) is 0.250. The van der Waals surface area contributed by atoms with Crippen molar-refractivity contribution in [2.45, 2.75) is 50.6 Å². The van der Waals surface area contributed by atoms with Gasteiger partial charge in [-0.15, -0.1) is 0 Å². The summed E-state index contributed by atoms with van der Waals surface area (Å²) in [5, 5.41) is 7.62. The summed E-state index contributed by atoms with van der Waals surface area (Å²) < 4.78 is 0. The molecular formula is C40H40P2. The molecule has 5 aliphatic carbocycles. The summed E-state index contributed by atoms with van der Waals surface area (Å²) in [5.41, 5.74) is 3.86. The van der Waals surface area contributed by atoms with E-state index in [9.17, 15) is 0 Å². The predicted molar refractivity (Wildman–Crippen MR) is 185 cm³/mol. The molecule has 42 heavy (non-hydrogen) atoms. The highest BCUT2D eigenvalue weighted by Crippen LogP contribution is 2.52. The molecule has 1 fully saturated rings. The zero-order valence-corrected chi connectivity index (χ0v) is 26.1. The molecule has 0 N–H and O–H groups in total. The fourth-order valence-electron chi connectivity index (χ4n) is 7.40. The topological polar surface area (TPSA) is 0 Å². The third-order valence-corrected chi connectivity index (χ3v) is 15.0. The van der Waals surface area contributed by atoms with E-state index in [1.807, 2.05) is 0 Å². The van der Waals surface area contributed by atoms with Crippen LogP contribution >= 0.6 is 15.8 Å². The SMILES string of the molecule is c1ccc(P(c2ccccc2)c2cc3ccc2CC[C@@H]2CC[C@@H](CC3)[C@H](P(c3ccccc3)c3ccccc3)C2)cc1. The highest BCUT2D eigenvalue weighted by Gasteiger charge is 2.37. The van der Waals surface area contributed by atoms with E-state index in [2.05, 4.69) is 140 Å². The molecule has 0 aromatic heterocycles. The monoisotopic (exact) mass is 582 g/mol. The molecule has 1 saturated carbocycles. The van der Waals surface area contributed by atoms with Gasteiger partial charge in [0.15, 0.2) is 0 Å². The Kier molecular flexibility index (Phi) is 8.65. The van der Waals surface area contributed by atoms with Gasteiger partial charge >= 0.3 is 0 Å². The lowest BCUT2D eigenvalue weighted by Gasteiger charge is -2.42. The van der Waals surface area contributed by atoms with Gasteiger partial charge in [-0.05, 0) is 110 Å². The van der Waals surface area contributed by atoms with Gasteiger partial charge in [0.2, 0.25) is 0 Å². The van der Waals surface area contributed by atoms with Gasteiger partial charge in [-0.3, -0.25) is 0 Å². The van der Waals surface area contributed by atoms with E-state index in [0.29, 0.717) is 0 Å². The molecule has 0 nitrogen and oxygen atoms in total. The van der Waals surface area contributed by atoms with Crippen molar-refractivity contribution in [1.82, 2.24) is 0 Å². The Bertz CT molecular complexity index is 1490. The molecule has 5 aromatic carbocycles. The number of rotatable bonds is 6. The second-order valence-electron chi connectivity index (χ2n) is 12.1. The molecule has 0 amide bonds. The normalized spacial score (nSPS) is 20.4. The van der Waals surface area contributed by atoms with Gasteiger partial charge in [0.25, 0.3) is 0 Å². The van der Waals surface area contributed by atoms with Crippen molar-refractivity contribution in [3.63, 3.8) is 0 Å². The van der Waals surface area contributed by atoms with Crippen LogP contribution in [-0.2, 0) is 12.8 Å². The highest BCUT2D eigenvalue weighted by atomic mass is 31.1. The molecule has 5 aromatic rings. The van der Waals surface area contributed by atoms with Crippen molar-refractivity contribution in [3.05, 3.63) is 151 Å². The van der Waals surface area contributed by atoms with Gasteiger partial charge in [-0.2, -0.15) is 0 Å². The Hall–Kier alpha value is -3.04. The first-order chi connectivity index (χ1) is 20.8. The van der Waals surface area contributed by atoms with Gasteiger partial charge in [0.05, 0.1) is 0 Å². The van der Waals surface area contributed by atoms with Crippen LogP contribution in [0.15, 0.2) is 140 Å². The summed E-state index contributed by atoms with van der Waals surface area (Å²) in [6, 6.07) is 53.1. The lowest BCUT2D eigenvalue weighted by Crippen LogP contribution is -2.35. The maximum atomic E-state index is 2.61. The highest BCUT2D eigenvalue weighted by molar-refractivity contribution is 7.80. The van der Waals surface area contributed by atoms with E-state index in [1.54, 1.807) is 21.5 Å². The lowest BCUT2D eigenvalue weighted by atomic mass is 9.76. The minimum absolute atomic E-state index is 0.382. The Morgan fingerprint density at radius 1 is 0.476 bits per heavy atom. The minimum atomic E-state index is -0.580. The zero-order chi connectivity index (χ0) is 28.1. The molecule has 0 unspecified atom stereocenters. The molecule has 0 heterocycles. The third-order valence-electron chi connectivity index (χ3n) is 9.51. The van der Waals surface area contributed by atoms with Crippen LogP contribution in [0, 0.1) is 11.8 Å². The number of benzene rings is 5. The van der Waals surface area contributed by atoms with Crippen molar-refractivity contribution in [1.29, 1.82) is 0 Å². The summed E-state index contributed by atoms with van der Waals surface area (Å²) in [5.74, 6) is 1.58. The van der Waals surface area contributed by atoms with Gasteiger partial charge in [0.1, 0.15) is 0 Å². The average Bonchev–Trinajstić information content (AvgIpc) is 3.05. The van der Waals surface area contributed by atoms with E-state index >= 15 is 0 Å². The molecule has 0 saturated heterocycles. The summed E-state index contributed by atoms with van der Waals surface area (Å²) in [6.07, 6.45) is 9.11. The second-order valence-corrected chi connectivity index (χ2v) is 16.7. The standard InChI is InChI=1S/C40H40P2/c1-5-13-35(14-6-1)41(36-15-7-2-8-16-36)39-29-31-21-25-33(39)27-23-32-22-26-34(28-24-31)40(30-32)42(37-17-9-3-10-18-37)38-19-11-4-12-20-38/h1-21,25,29,32,34,40H,22-24,26-28,30H2/t32-,34-,40+/m0/s1. The maximum Gasteiger partial charge on any atom is -0.00977 e. The molecule has 10 rings (SSSR count). The van der Waals surface area contributed by atoms with Crippen LogP contribution in [0.25, 0.3) is 0 Å². The van der Waals surface area contributed by atoms with Gasteiger partial charge in [-0.1, -0.05) is 146 Å². The van der Waals surface area contributed by atoms with Crippen molar-refractivity contribution in [2.24, 2.45) is 11.8 Å². The Morgan fingerprint density at radius 2 is 1.02 bits per heavy atom. The van der Waals surface area contributed by atoms with Crippen LogP contribution in [0.4, 0.5) is 0 Å². The smallest absolute Gasteiger partial charge is 0.00977 e. The largest absolute Gasteiger partial charge is 0.0622 e. The van der Waals surface area contributed by atoms with E-state index in [-0.39, 0.29) is 7.92 Å². The minimum Gasteiger partial charge on any atom is -0.0622 e. The average molecular weight is 583 g/mol. The first-order valence-corrected chi connectivity index (χ1v) is 18.5. The first-order valence-electron chi connectivity index (χ1n) is 15.7. The number of aryl methyl sites for hydroxylation is 2. The molecule has 210 valence electrons. The zero-order valence-electron chi connectivity index (χ0n) is 24.4.